The predicted molar refractivity (Wildman–Crippen MR) is 54.3 cm³/mol. The van der Waals surface area contributed by atoms with Gasteiger partial charge in [0.1, 0.15) is 5.82 Å². The van der Waals surface area contributed by atoms with Crippen LogP contribution in [0.1, 0.15) is 44.8 Å². The highest BCUT2D eigenvalue weighted by atomic mass is 15.0. The standard InChI is InChI=1S/C10H19N3/c1-4-7(3)9(11)10-12-6-8(5-2)13-10/h6-7,9H,4-5,11H2,1-3H3,(H,12,13). The van der Waals surface area contributed by atoms with E-state index in [2.05, 4.69) is 30.7 Å². The van der Waals surface area contributed by atoms with Gasteiger partial charge in [0.2, 0.25) is 0 Å². The first-order valence-corrected chi connectivity index (χ1v) is 4.98. The molecule has 3 nitrogen and oxygen atoms in total. The molecule has 2 atom stereocenters. The molecule has 1 rings (SSSR count). The van der Waals surface area contributed by atoms with Crippen LogP contribution >= 0.6 is 0 Å². The number of nitrogens with two attached hydrogens (primary N) is 1. The molecule has 0 amide bonds. The molecular formula is C10H19N3. The van der Waals surface area contributed by atoms with Gasteiger partial charge in [-0.1, -0.05) is 27.2 Å². The summed E-state index contributed by atoms with van der Waals surface area (Å²) >= 11 is 0. The first-order valence-electron chi connectivity index (χ1n) is 4.98. The van der Waals surface area contributed by atoms with E-state index in [-0.39, 0.29) is 6.04 Å². The van der Waals surface area contributed by atoms with Crippen LogP contribution in [0.5, 0.6) is 0 Å². The molecule has 0 saturated heterocycles. The van der Waals surface area contributed by atoms with Crippen molar-refractivity contribution in [2.24, 2.45) is 11.7 Å². The number of hydrogen-bond donors (Lipinski definition) is 2. The molecule has 3 N–H and O–H groups in total. The van der Waals surface area contributed by atoms with Crippen molar-refractivity contribution in [2.75, 3.05) is 0 Å². The van der Waals surface area contributed by atoms with Crippen molar-refractivity contribution in [3.8, 4) is 0 Å². The summed E-state index contributed by atoms with van der Waals surface area (Å²) < 4.78 is 0. The van der Waals surface area contributed by atoms with Crippen molar-refractivity contribution in [3.63, 3.8) is 0 Å². The molecule has 74 valence electrons. The second kappa shape index (κ2) is 4.42. The van der Waals surface area contributed by atoms with Crippen LogP contribution in [-0.2, 0) is 6.42 Å². The SMILES string of the molecule is CCc1cnc(C(N)C(C)CC)[nH]1. The molecule has 3 heteroatoms. The van der Waals surface area contributed by atoms with Gasteiger partial charge < -0.3 is 10.7 Å². The van der Waals surface area contributed by atoms with E-state index in [1.165, 1.54) is 0 Å². The Balaban J connectivity index is 2.70. The molecule has 1 aromatic heterocycles. The smallest absolute Gasteiger partial charge is 0.123 e. The largest absolute Gasteiger partial charge is 0.345 e. The van der Waals surface area contributed by atoms with E-state index < -0.39 is 0 Å². The van der Waals surface area contributed by atoms with Gasteiger partial charge >= 0.3 is 0 Å². The monoisotopic (exact) mass is 181 g/mol. The number of aryl methyl sites for hydroxylation is 1. The minimum absolute atomic E-state index is 0.0466. The average molecular weight is 181 g/mol. The Bertz CT molecular complexity index is 254. The Morgan fingerprint density at radius 2 is 2.23 bits per heavy atom. The van der Waals surface area contributed by atoms with Crippen LogP contribution in [0.15, 0.2) is 6.20 Å². The molecular weight excluding hydrogens is 162 g/mol. The molecule has 0 radical (unpaired) electrons. The average Bonchev–Trinajstić information content (AvgIpc) is 2.63. The maximum absolute atomic E-state index is 6.02. The summed E-state index contributed by atoms with van der Waals surface area (Å²) in [6.07, 6.45) is 3.95. The van der Waals surface area contributed by atoms with E-state index in [1.807, 2.05) is 6.20 Å². The summed E-state index contributed by atoms with van der Waals surface area (Å²) in [6.45, 7) is 6.40. The van der Waals surface area contributed by atoms with Crippen LogP contribution in [0.3, 0.4) is 0 Å². The summed E-state index contributed by atoms with van der Waals surface area (Å²) in [5, 5.41) is 0. The third-order valence-corrected chi connectivity index (χ3v) is 2.60. The number of rotatable bonds is 4. The zero-order valence-electron chi connectivity index (χ0n) is 8.67. The topological polar surface area (TPSA) is 54.7 Å². The van der Waals surface area contributed by atoms with Crippen LogP contribution < -0.4 is 5.73 Å². The number of nitrogens with zero attached hydrogens (tertiary/aromatic N) is 1. The number of imidazole rings is 1. The lowest BCUT2D eigenvalue weighted by atomic mass is 10.00. The molecule has 0 aliphatic rings. The molecule has 2 unspecified atom stereocenters. The van der Waals surface area contributed by atoms with Gasteiger partial charge in [-0.3, -0.25) is 0 Å². The van der Waals surface area contributed by atoms with Crippen molar-refractivity contribution in [2.45, 2.75) is 39.7 Å². The third-order valence-electron chi connectivity index (χ3n) is 2.60. The van der Waals surface area contributed by atoms with E-state index in [0.29, 0.717) is 5.92 Å². The first kappa shape index (κ1) is 10.3. The molecule has 0 aliphatic heterocycles. The molecule has 0 bridgehead atoms. The minimum Gasteiger partial charge on any atom is -0.345 e. The number of aromatic nitrogens is 2. The fourth-order valence-corrected chi connectivity index (χ4v) is 1.25. The summed E-state index contributed by atoms with van der Waals surface area (Å²) in [6, 6.07) is 0.0466. The fourth-order valence-electron chi connectivity index (χ4n) is 1.25. The molecule has 0 fully saturated rings. The fraction of sp³-hybridized carbons (Fsp3) is 0.700. The van der Waals surface area contributed by atoms with Crippen molar-refractivity contribution < 1.29 is 0 Å². The minimum atomic E-state index is 0.0466. The van der Waals surface area contributed by atoms with Gasteiger partial charge in [-0.05, 0) is 12.3 Å². The quantitative estimate of drug-likeness (QED) is 0.746. The highest BCUT2D eigenvalue weighted by molar-refractivity contribution is 5.04. The molecule has 0 aromatic carbocycles. The lowest BCUT2D eigenvalue weighted by molar-refractivity contribution is 0.441. The summed E-state index contributed by atoms with van der Waals surface area (Å²) in [5.41, 5.74) is 7.18. The normalized spacial score (nSPS) is 15.7. The van der Waals surface area contributed by atoms with E-state index in [1.54, 1.807) is 0 Å². The Morgan fingerprint density at radius 3 is 2.69 bits per heavy atom. The van der Waals surface area contributed by atoms with Crippen molar-refractivity contribution in [1.29, 1.82) is 0 Å². The summed E-state index contributed by atoms with van der Waals surface area (Å²) in [7, 11) is 0. The lowest BCUT2D eigenvalue weighted by Gasteiger charge is -2.15. The van der Waals surface area contributed by atoms with E-state index in [4.69, 9.17) is 5.73 Å². The van der Waals surface area contributed by atoms with E-state index in [9.17, 15) is 0 Å². The molecule has 0 saturated carbocycles. The Kier molecular flexibility index (Phi) is 3.48. The molecule has 1 heterocycles. The van der Waals surface area contributed by atoms with Crippen molar-refractivity contribution in [1.82, 2.24) is 9.97 Å². The van der Waals surface area contributed by atoms with Gasteiger partial charge in [0.25, 0.3) is 0 Å². The Hall–Kier alpha value is -0.830. The van der Waals surface area contributed by atoms with Gasteiger partial charge in [-0.15, -0.1) is 0 Å². The van der Waals surface area contributed by atoms with E-state index in [0.717, 1.165) is 24.4 Å². The number of hydrogen-bond acceptors (Lipinski definition) is 2. The van der Waals surface area contributed by atoms with Crippen molar-refractivity contribution >= 4 is 0 Å². The number of H-pyrrole nitrogens is 1. The first-order chi connectivity index (χ1) is 6.19. The highest BCUT2D eigenvalue weighted by Crippen LogP contribution is 2.18. The van der Waals surface area contributed by atoms with Crippen LogP contribution in [-0.4, -0.2) is 9.97 Å². The second-order valence-electron chi connectivity index (χ2n) is 3.56. The molecule has 1 aromatic rings. The number of nitrogens with one attached hydrogen (secondary N) is 1. The maximum atomic E-state index is 6.02. The molecule has 13 heavy (non-hydrogen) atoms. The van der Waals surface area contributed by atoms with Gasteiger partial charge in [-0.2, -0.15) is 0 Å². The predicted octanol–water partition coefficient (Wildman–Crippen LogP) is 2.02. The summed E-state index contributed by atoms with van der Waals surface area (Å²) in [4.78, 5) is 7.52. The van der Waals surface area contributed by atoms with Gasteiger partial charge in [0.15, 0.2) is 0 Å². The zero-order valence-corrected chi connectivity index (χ0v) is 8.67. The lowest BCUT2D eigenvalue weighted by Crippen LogP contribution is -2.19. The Labute approximate surface area is 79.8 Å². The van der Waals surface area contributed by atoms with Crippen LogP contribution in [0.25, 0.3) is 0 Å². The maximum Gasteiger partial charge on any atom is 0.123 e. The van der Waals surface area contributed by atoms with Gasteiger partial charge in [0, 0.05) is 11.9 Å². The zero-order chi connectivity index (χ0) is 9.84. The van der Waals surface area contributed by atoms with Crippen LogP contribution in [0, 0.1) is 5.92 Å². The third kappa shape index (κ3) is 2.31. The summed E-state index contributed by atoms with van der Waals surface area (Å²) in [5.74, 6) is 1.40. The number of aromatic amines is 1. The van der Waals surface area contributed by atoms with Crippen molar-refractivity contribution in [3.05, 3.63) is 17.7 Å². The van der Waals surface area contributed by atoms with E-state index >= 15 is 0 Å². The highest BCUT2D eigenvalue weighted by Gasteiger charge is 2.15. The molecule has 0 spiro atoms. The second-order valence-corrected chi connectivity index (χ2v) is 3.56. The van der Waals surface area contributed by atoms with Crippen LogP contribution in [0.4, 0.5) is 0 Å². The molecule has 0 aliphatic carbocycles. The van der Waals surface area contributed by atoms with Crippen LogP contribution in [0.2, 0.25) is 0 Å². The van der Waals surface area contributed by atoms with Gasteiger partial charge in [0.05, 0.1) is 6.04 Å². The van der Waals surface area contributed by atoms with Gasteiger partial charge in [-0.25, -0.2) is 4.98 Å². The Morgan fingerprint density at radius 1 is 1.54 bits per heavy atom.